The van der Waals surface area contributed by atoms with Crippen LogP contribution < -0.4 is 16.7 Å². The quantitative estimate of drug-likeness (QED) is 0.481. The molecule has 0 saturated heterocycles. The number of hydrazone groups is 1. The van der Waals surface area contributed by atoms with Crippen molar-refractivity contribution in [3.63, 3.8) is 0 Å². The Labute approximate surface area is 147 Å². The van der Waals surface area contributed by atoms with Gasteiger partial charge >= 0.3 is 5.69 Å². The Bertz CT molecular complexity index is 1070. The van der Waals surface area contributed by atoms with E-state index in [1.54, 1.807) is 60.7 Å². The van der Waals surface area contributed by atoms with Crippen molar-refractivity contribution < 1.29 is 9.90 Å². The second-order valence-corrected chi connectivity index (χ2v) is 5.23. The monoisotopic (exact) mass is 350 g/mol. The number of aromatic nitrogens is 2. The van der Waals surface area contributed by atoms with Gasteiger partial charge < -0.3 is 5.11 Å². The van der Waals surface area contributed by atoms with Crippen LogP contribution in [-0.4, -0.2) is 26.8 Å². The standard InChI is InChI=1S/C18H14N4O4/c23-15(12-7-3-1-4-8-12)21-19-11-14-16(24)20-18(26)22(17(14)25)13-9-5-2-6-10-13/h1-11,25H,(H,21,23)(H,20,24,26). The number of carbonyl (C=O) groups excluding carboxylic acids is 1. The first-order valence-corrected chi connectivity index (χ1v) is 7.60. The number of aromatic amines is 1. The molecular formula is C18H14N4O4. The van der Waals surface area contributed by atoms with Gasteiger partial charge in [0.1, 0.15) is 5.56 Å². The zero-order valence-electron chi connectivity index (χ0n) is 13.4. The molecule has 0 radical (unpaired) electrons. The molecule has 0 fully saturated rings. The minimum Gasteiger partial charge on any atom is -0.493 e. The number of carbonyl (C=O) groups is 1. The van der Waals surface area contributed by atoms with Gasteiger partial charge in [-0.3, -0.25) is 14.6 Å². The molecule has 3 N–H and O–H groups in total. The third-order valence-corrected chi connectivity index (χ3v) is 3.53. The third-order valence-electron chi connectivity index (χ3n) is 3.53. The van der Waals surface area contributed by atoms with Crippen molar-refractivity contribution in [2.45, 2.75) is 0 Å². The van der Waals surface area contributed by atoms with Crippen molar-refractivity contribution in [2.75, 3.05) is 0 Å². The molecule has 0 spiro atoms. The largest absolute Gasteiger partial charge is 0.493 e. The molecule has 26 heavy (non-hydrogen) atoms. The molecule has 1 heterocycles. The molecule has 0 aliphatic heterocycles. The van der Waals surface area contributed by atoms with Crippen LogP contribution in [0, 0.1) is 0 Å². The summed E-state index contributed by atoms with van der Waals surface area (Å²) in [4.78, 5) is 38.0. The topological polar surface area (TPSA) is 117 Å². The number of para-hydroxylation sites is 1. The van der Waals surface area contributed by atoms with Crippen molar-refractivity contribution in [1.29, 1.82) is 0 Å². The highest BCUT2D eigenvalue weighted by Gasteiger charge is 2.14. The van der Waals surface area contributed by atoms with E-state index in [1.807, 2.05) is 0 Å². The Balaban J connectivity index is 1.92. The Morgan fingerprint density at radius 1 is 1.04 bits per heavy atom. The maximum atomic E-state index is 12.0. The fourth-order valence-electron chi connectivity index (χ4n) is 2.28. The lowest BCUT2D eigenvalue weighted by molar-refractivity contribution is 0.0955. The summed E-state index contributed by atoms with van der Waals surface area (Å²) in [6.45, 7) is 0. The summed E-state index contributed by atoms with van der Waals surface area (Å²) in [6, 6.07) is 16.7. The normalized spacial score (nSPS) is 10.8. The van der Waals surface area contributed by atoms with Crippen LogP contribution in [0.1, 0.15) is 15.9 Å². The summed E-state index contributed by atoms with van der Waals surface area (Å²) in [5, 5.41) is 14.0. The van der Waals surface area contributed by atoms with Crippen LogP contribution in [0.15, 0.2) is 75.4 Å². The molecule has 1 amide bonds. The van der Waals surface area contributed by atoms with Crippen LogP contribution in [0.2, 0.25) is 0 Å². The molecule has 0 aliphatic rings. The van der Waals surface area contributed by atoms with E-state index in [-0.39, 0.29) is 5.56 Å². The summed E-state index contributed by atoms with van der Waals surface area (Å²) in [6.07, 6.45) is 0.980. The first kappa shape index (κ1) is 16.9. The van der Waals surface area contributed by atoms with Gasteiger partial charge in [0.25, 0.3) is 11.5 Å². The molecular weight excluding hydrogens is 336 g/mol. The molecule has 0 bridgehead atoms. The van der Waals surface area contributed by atoms with Crippen LogP contribution in [0.5, 0.6) is 5.88 Å². The molecule has 0 aliphatic carbocycles. The maximum absolute atomic E-state index is 12.0. The Kier molecular flexibility index (Phi) is 4.75. The van der Waals surface area contributed by atoms with Gasteiger partial charge in [-0.1, -0.05) is 36.4 Å². The molecule has 3 rings (SSSR count). The molecule has 1 aromatic heterocycles. The number of aromatic hydroxyl groups is 1. The highest BCUT2D eigenvalue weighted by Crippen LogP contribution is 2.14. The molecule has 130 valence electrons. The average molecular weight is 350 g/mol. The minimum absolute atomic E-state index is 0.262. The van der Waals surface area contributed by atoms with Crippen molar-refractivity contribution in [3.8, 4) is 11.6 Å². The van der Waals surface area contributed by atoms with E-state index in [4.69, 9.17) is 0 Å². The van der Waals surface area contributed by atoms with Crippen molar-refractivity contribution in [1.82, 2.24) is 15.0 Å². The van der Waals surface area contributed by atoms with Gasteiger partial charge in [0.2, 0.25) is 5.88 Å². The number of amides is 1. The van der Waals surface area contributed by atoms with E-state index in [9.17, 15) is 19.5 Å². The summed E-state index contributed by atoms with van der Waals surface area (Å²) >= 11 is 0. The number of hydrogen-bond donors (Lipinski definition) is 3. The zero-order chi connectivity index (χ0) is 18.5. The first-order valence-electron chi connectivity index (χ1n) is 7.60. The van der Waals surface area contributed by atoms with Crippen LogP contribution in [0.3, 0.4) is 0 Å². The number of nitrogens with zero attached hydrogens (tertiary/aromatic N) is 2. The predicted octanol–water partition coefficient (Wildman–Crippen LogP) is 0.995. The average Bonchev–Trinajstić information content (AvgIpc) is 2.65. The number of benzene rings is 2. The van der Waals surface area contributed by atoms with Gasteiger partial charge in [-0.05, 0) is 24.3 Å². The SMILES string of the molecule is O=C(NN=Cc1c(O)n(-c2ccccc2)c(=O)[nH]c1=O)c1ccccc1. The van der Waals surface area contributed by atoms with E-state index in [0.717, 1.165) is 10.8 Å². The second kappa shape index (κ2) is 7.31. The van der Waals surface area contributed by atoms with E-state index in [0.29, 0.717) is 11.3 Å². The van der Waals surface area contributed by atoms with E-state index in [2.05, 4.69) is 15.5 Å². The van der Waals surface area contributed by atoms with Gasteiger partial charge in [-0.2, -0.15) is 5.10 Å². The Hall–Kier alpha value is -3.94. The van der Waals surface area contributed by atoms with Crippen LogP contribution in [0.25, 0.3) is 5.69 Å². The summed E-state index contributed by atoms with van der Waals surface area (Å²) in [7, 11) is 0. The number of H-pyrrole nitrogens is 1. The van der Waals surface area contributed by atoms with Gasteiger partial charge in [-0.15, -0.1) is 0 Å². The molecule has 3 aromatic rings. The predicted molar refractivity (Wildman–Crippen MR) is 95.8 cm³/mol. The van der Waals surface area contributed by atoms with Gasteiger partial charge in [0.15, 0.2) is 0 Å². The summed E-state index contributed by atoms with van der Waals surface area (Å²) in [5.41, 5.74) is 1.14. The van der Waals surface area contributed by atoms with Gasteiger partial charge in [0, 0.05) is 5.56 Å². The molecule has 0 unspecified atom stereocenters. The molecule has 2 aromatic carbocycles. The van der Waals surface area contributed by atoms with E-state index < -0.39 is 23.0 Å². The van der Waals surface area contributed by atoms with E-state index >= 15 is 0 Å². The van der Waals surface area contributed by atoms with Gasteiger partial charge in [-0.25, -0.2) is 14.8 Å². The van der Waals surface area contributed by atoms with Crippen molar-refractivity contribution in [3.05, 3.63) is 92.6 Å². The van der Waals surface area contributed by atoms with Crippen LogP contribution in [0.4, 0.5) is 0 Å². The fourth-order valence-corrected chi connectivity index (χ4v) is 2.28. The first-order chi connectivity index (χ1) is 12.6. The summed E-state index contributed by atoms with van der Waals surface area (Å²) in [5.74, 6) is -1.06. The number of rotatable bonds is 4. The van der Waals surface area contributed by atoms with Crippen LogP contribution >= 0.6 is 0 Å². The number of hydrogen-bond acceptors (Lipinski definition) is 5. The Morgan fingerprint density at radius 3 is 2.31 bits per heavy atom. The zero-order valence-corrected chi connectivity index (χ0v) is 13.4. The highest BCUT2D eigenvalue weighted by molar-refractivity contribution is 5.94. The van der Waals surface area contributed by atoms with Crippen molar-refractivity contribution in [2.24, 2.45) is 5.10 Å². The second-order valence-electron chi connectivity index (χ2n) is 5.23. The van der Waals surface area contributed by atoms with Gasteiger partial charge in [0.05, 0.1) is 11.9 Å². The van der Waals surface area contributed by atoms with Crippen LogP contribution in [-0.2, 0) is 0 Å². The highest BCUT2D eigenvalue weighted by atomic mass is 16.3. The number of nitrogens with one attached hydrogen (secondary N) is 2. The third kappa shape index (κ3) is 3.44. The molecule has 0 saturated carbocycles. The lowest BCUT2D eigenvalue weighted by atomic mass is 10.2. The minimum atomic E-state index is -0.822. The van der Waals surface area contributed by atoms with Crippen molar-refractivity contribution >= 4 is 12.1 Å². The Morgan fingerprint density at radius 2 is 1.65 bits per heavy atom. The fraction of sp³-hybridized carbons (Fsp3) is 0. The molecule has 8 nitrogen and oxygen atoms in total. The van der Waals surface area contributed by atoms with E-state index in [1.165, 1.54) is 0 Å². The molecule has 8 heteroatoms. The molecule has 0 atom stereocenters. The summed E-state index contributed by atoms with van der Waals surface area (Å²) < 4.78 is 0.932. The lowest BCUT2D eigenvalue weighted by Gasteiger charge is -2.09. The lowest BCUT2D eigenvalue weighted by Crippen LogP contribution is -2.31. The smallest absolute Gasteiger partial charge is 0.335 e. The maximum Gasteiger partial charge on any atom is 0.335 e.